The third-order valence-corrected chi connectivity index (χ3v) is 5.12. The molecule has 20 heavy (non-hydrogen) atoms. The van der Waals surface area contributed by atoms with Crippen LogP contribution in [0.15, 0.2) is 36.5 Å². The predicted molar refractivity (Wildman–Crippen MR) is 83.3 cm³/mol. The second-order valence-corrected chi connectivity index (χ2v) is 6.34. The maximum atomic E-state index is 4.28. The van der Waals surface area contributed by atoms with Gasteiger partial charge in [0.25, 0.3) is 0 Å². The Morgan fingerprint density at radius 3 is 2.95 bits per heavy atom. The zero-order valence-corrected chi connectivity index (χ0v) is 12.5. The molecule has 2 heterocycles. The van der Waals surface area contributed by atoms with Crippen LogP contribution in [0.5, 0.6) is 0 Å². The fourth-order valence-electron chi connectivity index (χ4n) is 2.74. The lowest BCUT2D eigenvalue weighted by Gasteiger charge is -2.24. The van der Waals surface area contributed by atoms with Crippen LogP contribution in [0.25, 0.3) is 5.69 Å². The summed E-state index contributed by atoms with van der Waals surface area (Å²) < 4.78 is 1.96. The number of aromatic nitrogens is 3. The van der Waals surface area contributed by atoms with Gasteiger partial charge in [0.2, 0.25) is 0 Å². The number of thioether (sulfide) groups is 1. The van der Waals surface area contributed by atoms with Crippen LogP contribution in [0.1, 0.15) is 31.5 Å². The summed E-state index contributed by atoms with van der Waals surface area (Å²) >= 11 is 2.06. The maximum Gasteiger partial charge on any atom is 0.0826 e. The van der Waals surface area contributed by atoms with Gasteiger partial charge >= 0.3 is 0 Å². The lowest BCUT2D eigenvalue weighted by Crippen LogP contribution is -2.30. The molecule has 1 N–H and O–H groups in total. The summed E-state index contributed by atoms with van der Waals surface area (Å²) in [6, 6.07) is 10.6. The molecule has 3 rings (SSSR count). The van der Waals surface area contributed by atoms with E-state index in [0.717, 1.165) is 17.9 Å². The van der Waals surface area contributed by atoms with E-state index in [1.54, 1.807) is 0 Å². The van der Waals surface area contributed by atoms with E-state index in [4.69, 9.17) is 0 Å². The molecule has 0 radical (unpaired) electrons. The third kappa shape index (κ3) is 2.74. The topological polar surface area (TPSA) is 42.7 Å². The normalized spacial score (nSPS) is 20.1. The van der Waals surface area contributed by atoms with Gasteiger partial charge in [0.1, 0.15) is 0 Å². The summed E-state index contributed by atoms with van der Waals surface area (Å²) in [6.07, 6.45) is 4.48. The number of nitrogens with one attached hydrogen (secondary N) is 1. The van der Waals surface area contributed by atoms with Gasteiger partial charge in [0.05, 0.1) is 23.6 Å². The van der Waals surface area contributed by atoms with Crippen molar-refractivity contribution < 1.29 is 0 Å². The van der Waals surface area contributed by atoms with Crippen LogP contribution < -0.4 is 5.32 Å². The zero-order valence-electron chi connectivity index (χ0n) is 11.7. The highest BCUT2D eigenvalue weighted by atomic mass is 32.2. The third-order valence-electron chi connectivity index (χ3n) is 3.66. The van der Waals surface area contributed by atoms with E-state index in [9.17, 15) is 0 Å². The molecule has 0 aliphatic carbocycles. The first-order chi connectivity index (χ1) is 9.90. The van der Waals surface area contributed by atoms with E-state index in [-0.39, 0.29) is 0 Å². The highest BCUT2D eigenvalue weighted by Crippen LogP contribution is 2.36. The first-order valence-corrected chi connectivity index (χ1v) is 8.26. The molecule has 1 saturated heterocycles. The molecule has 1 aromatic carbocycles. The van der Waals surface area contributed by atoms with Crippen molar-refractivity contribution in [2.24, 2.45) is 0 Å². The molecular formula is C15H20N4S. The minimum atomic E-state index is 0.322. The van der Waals surface area contributed by atoms with Crippen LogP contribution in [0.3, 0.4) is 0 Å². The average Bonchev–Trinajstić information content (AvgIpc) is 3.17. The SMILES string of the molecule is CCNC(c1cnnn1-c1ccccc1)C1CCCS1. The summed E-state index contributed by atoms with van der Waals surface area (Å²) in [4.78, 5) is 0. The van der Waals surface area contributed by atoms with Crippen molar-refractivity contribution >= 4 is 11.8 Å². The Bertz CT molecular complexity index is 534. The molecule has 106 valence electrons. The monoisotopic (exact) mass is 288 g/mol. The largest absolute Gasteiger partial charge is 0.308 e. The van der Waals surface area contributed by atoms with Gasteiger partial charge in [-0.05, 0) is 37.3 Å². The first kappa shape index (κ1) is 13.6. The number of hydrogen-bond acceptors (Lipinski definition) is 4. The molecule has 1 aliphatic rings. The summed E-state index contributed by atoms with van der Waals surface area (Å²) in [6.45, 7) is 3.12. The van der Waals surface area contributed by atoms with Gasteiger partial charge in [-0.1, -0.05) is 30.3 Å². The molecule has 1 fully saturated rings. The summed E-state index contributed by atoms with van der Waals surface area (Å²) in [5.41, 5.74) is 2.24. The molecule has 4 nitrogen and oxygen atoms in total. The fraction of sp³-hybridized carbons (Fsp3) is 0.467. The number of nitrogens with zero attached hydrogens (tertiary/aromatic N) is 3. The molecule has 5 heteroatoms. The van der Waals surface area contributed by atoms with Gasteiger partial charge in [0.15, 0.2) is 0 Å². The Balaban J connectivity index is 1.93. The van der Waals surface area contributed by atoms with Crippen molar-refractivity contribution in [1.29, 1.82) is 0 Å². The molecule has 2 unspecified atom stereocenters. The molecule has 1 aromatic heterocycles. The standard InChI is InChI=1S/C15H20N4S/c1-2-16-15(14-9-6-10-20-14)13-11-17-18-19(13)12-7-4-3-5-8-12/h3-5,7-8,11,14-16H,2,6,9-10H2,1H3. The number of hydrogen-bond donors (Lipinski definition) is 1. The van der Waals surface area contributed by atoms with Gasteiger partial charge in [-0.25, -0.2) is 4.68 Å². The van der Waals surface area contributed by atoms with Crippen LogP contribution in [0.2, 0.25) is 0 Å². The quantitative estimate of drug-likeness (QED) is 0.918. The molecule has 0 bridgehead atoms. The molecule has 0 spiro atoms. The van der Waals surface area contributed by atoms with Crippen molar-refractivity contribution in [1.82, 2.24) is 20.3 Å². The fourth-order valence-corrected chi connectivity index (χ4v) is 4.13. The van der Waals surface area contributed by atoms with E-state index in [2.05, 4.69) is 46.4 Å². The predicted octanol–water partition coefficient (Wildman–Crippen LogP) is 2.81. The second kappa shape index (κ2) is 6.41. The second-order valence-electron chi connectivity index (χ2n) is 4.99. The Labute approximate surface area is 124 Å². The Kier molecular flexibility index (Phi) is 4.38. The summed E-state index contributed by atoms with van der Waals surface area (Å²) in [5.74, 6) is 1.26. The van der Waals surface area contributed by atoms with Crippen LogP contribution in [0, 0.1) is 0 Å². The molecule has 2 aromatic rings. The van der Waals surface area contributed by atoms with Crippen molar-refractivity contribution in [3.8, 4) is 5.69 Å². The van der Waals surface area contributed by atoms with E-state index in [1.165, 1.54) is 18.6 Å². The number of benzene rings is 1. The van der Waals surface area contributed by atoms with Crippen LogP contribution >= 0.6 is 11.8 Å². The van der Waals surface area contributed by atoms with Crippen molar-refractivity contribution in [2.45, 2.75) is 31.1 Å². The molecule has 0 saturated carbocycles. The lowest BCUT2D eigenvalue weighted by molar-refractivity contribution is 0.495. The summed E-state index contributed by atoms with van der Waals surface area (Å²) in [7, 11) is 0. The Hall–Kier alpha value is -1.33. The van der Waals surface area contributed by atoms with Crippen molar-refractivity contribution in [3.63, 3.8) is 0 Å². The minimum Gasteiger partial charge on any atom is -0.308 e. The molecule has 2 atom stereocenters. The van der Waals surface area contributed by atoms with Crippen LogP contribution in [0.4, 0.5) is 0 Å². The van der Waals surface area contributed by atoms with Gasteiger partial charge < -0.3 is 5.32 Å². The number of rotatable bonds is 5. The van der Waals surface area contributed by atoms with E-state index < -0.39 is 0 Å². The molecular weight excluding hydrogens is 268 g/mol. The van der Waals surface area contributed by atoms with Crippen LogP contribution in [-0.4, -0.2) is 32.5 Å². The number of para-hydroxylation sites is 1. The van der Waals surface area contributed by atoms with Crippen molar-refractivity contribution in [3.05, 3.63) is 42.2 Å². The minimum absolute atomic E-state index is 0.322. The Morgan fingerprint density at radius 2 is 2.25 bits per heavy atom. The smallest absolute Gasteiger partial charge is 0.0826 e. The highest BCUT2D eigenvalue weighted by molar-refractivity contribution is 8.00. The van der Waals surface area contributed by atoms with Gasteiger partial charge in [-0.15, -0.1) is 5.10 Å². The maximum absolute atomic E-state index is 4.28. The zero-order chi connectivity index (χ0) is 13.8. The Morgan fingerprint density at radius 1 is 1.40 bits per heavy atom. The molecule has 0 amide bonds. The van der Waals surface area contributed by atoms with E-state index >= 15 is 0 Å². The van der Waals surface area contributed by atoms with Gasteiger partial charge in [-0.3, -0.25) is 0 Å². The van der Waals surface area contributed by atoms with E-state index in [1.807, 2.05) is 29.1 Å². The van der Waals surface area contributed by atoms with Crippen molar-refractivity contribution in [2.75, 3.05) is 12.3 Å². The van der Waals surface area contributed by atoms with Gasteiger partial charge in [0, 0.05) is 5.25 Å². The molecule has 1 aliphatic heterocycles. The first-order valence-electron chi connectivity index (χ1n) is 7.21. The lowest BCUT2D eigenvalue weighted by atomic mass is 10.1. The van der Waals surface area contributed by atoms with Gasteiger partial charge in [-0.2, -0.15) is 11.8 Å². The highest BCUT2D eigenvalue weighted by Gasteiger charge is 2.29. The average molecular weight is 288 g/mol. The van der Waals surface area contributed by atoms with E-state index in [0.29, 0.717) is 11.3 Å². The summed E-state index contributed by atoms with van der Waals surface area (Å²) in [5, 5.41) is 12.7. The van der Waals surface area contributed by atoms with Crippen LogP contribution in [-0.2, 0) is 0 Å².